The average molecular weight is 543 g/mol. The van der Waals surface area contributed by atoms with Crippen LogP contribution in [-0.2, 0) is 14.6 Å². The zero-order valence-corrected chi connectivity index (χ0v) is 21.9. The predicted molar refractivity (Wildman–Crippen MR) is 140 cm³/mol. The summed E-state index contributed by atoms with van der Waals surface area (Å²) in [5, 5.41) is 9.93. The van der Waals surface area contributed by atoms with Gasteiger partial charge in [0.15, 0.2) is 0 Å². The van der Waals surface area contributed by atoms with Crippen molar-refractivity contribution >= 4 is 38.0 Å². The zero-order chi connectivity index (χ0) is 26.0. The molecule has 2 aromatic carbocycles. The maximum Gasteiger partial charge on any atom is 0.210 e. The number of aromatic nitrogens is 1. The highest BCUT2D eigenvalue weighted by molar-refractivity contribution is 7.91. The first-order valence-corrected chi connectivity index (χ1v) is 14.3. The Labute approximate surface area is 221 Å². The maximum atomic E-state index is 13.9. The number of pyridine rings is 1. The molecule has 1 aromatic heterocycles. The van der Waals surface area contributed by atoms with Crippen LogP contribution < -0.4 is 4.90 Å². The summed E-state index contributed by atoms with van der Waals surface area (Å²) in [6.45, 7) is 4.82. The van der Waals surface area contributed by atoms with Crippen LogP contribution in [0.2, 0.25) is 5.02 Å². The fourth-order valence-corrected chi connectivity index (χ4v) is 6.94. The number of anilines is 1. The molecule has 2 aliphatic heterocycles. The molecule has 7 nitrogen and oxygen atoms in total. The molecule has 3 heterocycles. The maximum absolute atomic E-state index is 13.9. The first-order chi connectivity index (χ1) is 17.9. The van der Waals surface area contributed by atoms with Gasteiger partial charge in [0.1, 0.15) is 10.7 Å². The lowest BCUT2D eigenvalue weighted by molar-refractivity contribution is 0.0362. The van der Waals surface area contributed by atoms with Crippen molar-refractivity contribution in [2.75, 3.05) is 44.3 Å². The number of nitrogens with zero attached hydrogens (tertiary/aromatic N) is 4. The van der Waals surface area contributed by atoms with Gasteiger partial charge in [-0.25, -0.2) is 12.8 Å². The Morgan fingerprint density at radius 3 is 2.70 bits per heavy atom. The van der Waals surface area contributed by atoms with Gasteiger partial charge in [0, 0.05) is 43.8 Å². The number of piperidine rings is 1. The van der Waals surface area contributed by atoms with Crippen molar-refractivity contribution < 1.29 is 17.5 Å². The minimum Gasteiger partial charge on any atom is -0.379 e. The van der Waals surface area contributed by atoms with Crippen molar-refractivity contribution in [1.82, 2.24) is 9.88 Å². The van der Waals surface area contributed by atoms with Crippen LogP contribution >= 0.6 is 11.6 Å². The summed E-state index contributed by atoms with van der Waals surface area (Å²) in [6, 6.07) is 10.8. The van der Waals surface area contributed by atoms with Gasteiger partial charge < -0.3 is 9.64 Å². The lowest BCUT2D eigenvalue weighted by Gasteiger charge is -2.40. The third-order valence-corrected chi connectivity index (χ3v) is 9.26. The van der Waals surface area contributed by atoms with E-state index in [0.717, 1.165) is 70.7 Å². The summed E-state index contributed by atoms with van der Waals surface area (Å²) in [7, 11) is -4.09. The van der Waals surface area contributed by atoms with Crippen LogP contribution in [0.5, 0.6) is 0 Å². The molecule has 5 rings (SSSR count). The quantitative estimate of drug-likeness (QED) is 0.413. The van der Waals surface area contributed by atoms with Crippen LogP contribution in [0.15, 0.2) is 52.4 Å². The van der Waals surface area contributed by atoms with E-state index in [1.807, 2.05) is 0 Å². The summed E-state index contributed by atoms with van der Waals surface area (Å²) in [4.78, 5) is 8.95. The second-order valence-electron chi connectivity index (χ2n) is 9.48. The topological polar surface area (TPSA) is 86.5 Å². The normalized spacial score (nSPS) is 19.2. The number of halogens is 2. The predicted octanol–water partition coefficient (Wildman–Crippen LogP) is 4.81. The molecule has 0 radical (unpaired) electrons. The summed E-state index contributed by atoms with van der Waals surface area (Å²) < 4.78 is 47.2. The number of fused-ring (bicyclic) bond motifs is 1. The molecule has 37 heavy (non-hydrogen) atoms. The van der Waals surface area contributed by atoms with Gasteiger partial charge in [-0.15, -0.1) is 0 Å². The Kier molecular flexibility index (Phi) is 7.63. The molecule has 194 valence electrons. The summed E-state index contributed by atoms with van der Waals surface area (Å²) >= 11 is 5.95. The Balaban J connectivity index is 1.63. The molecule has 0 N–H and O–H groups in total. The molecule has 10 heteroatoms. The minimum atomic E-state index is -4.09. The molecule has 0 aliphatic carbocycles. The third kappa shape index (κ3) is 5.30. The molecular weight excluding hydrogens is 515 g/mol. The van der Waals surface area contributed by atoms with Crippen molar-refractivity contribution in [2.24, 2.45) is 0 Å². The second-order valence-corrected chi connectivity index (χ2v) is 11.8. The van der Waals surface area contributed by atoms with Crippen molar-refractivity contribution in [3.05, 3.63) is 59.0 Å². The first-order valence-electron chi connectivity index (χ1n) is 12.5. The standard InChI is InChI=1S/C27H28ClFN4O3S/c28-23-16-21(5-6-24(23)29)37(34,35)26-18-31-25-7-4-19(17-30)15-22(25)27(26)33-9-2-1-3-20(33)8-10-32-11-13-36-14-12-32/h4-7,15-16,18,20H,1-3,8-14H2. The van der Waals surface area contributed by atoms with Gasteiger partial charge in [0.05, 0.1) is 46.0 Å². The molecule has 1 atom stereocenters. The van der Waals surface area contributed by atoms with Crippen LogP contribution in [0, 0.1) is 17.1 Å². The number of nitriles is 1. The number of hydrogen-bond acceptors (Lipinski definition) is 7. The highest BCUT2D eigenvalue weighted by Crippen LogP contribution is 2.40. The molecular formula is C27H28ClFN4O3S. The highest BCUT2D eigenvalue weighted by Gasteiger charge is 2.32. The smallest absolute Gasteiger partial charge is 0.210 e. The van der Waals surface area contributed by atoms with Crippen LogP contribution in [0.4, 0.5) is 10.1 Å². The molecule has 3 aromatic rings. The van der Waals surface area contributed by atoms with E-state index in [1.54, 1.807) is 18.2 Å². The minimum absolute atomic E-state index is 0.0380. The van der Waals surface area contributed by atoms with Crippen molar-refractivity contribution in [2.45, 2.75) is 41.5 Å². The van der Waals surface area contributed by atoms with Gasteiger partial charge in [-0.05, 0) is 62.1 Å². The molecule has 2 fully saturated rings. The SMILES string of the molecule is N#Cc1ccc2ncc(S(=O)(=O)c3ccc(F)c(Cl)c3)c(N3CCCCC3CCN3CCOCC3)c2c1. The van der Waals surface area contributed by atoms with Gasteiger partial charge in [-0.3, -0.25) is 9.88 Å². The number of benzene rings is 2. The van der Waals surface area contributed by atoms with E-state index >= 15 is 0 Å². The molecule has 2 aliphatic rings. The van der Waals surface area contributed by atoms with Crippen molar-refractivity contribution in [3.63, 3.8) is 0 Å². The summed E-state index contributed by atoms with van der Waals surface area (Å²) in [5.74, 6) is -0.685. The largest absolute Gasteiger partial charge is 0.379 e. The van der Waals surface area contributed by atoms with Crippen LogP contribution in [0.3, 0.4) is 0 Å². The fraction of sp³-hybridized carbons (Fsp3) is 0.407. The molecule has 0 spiro atoms. The number of rotatable bonds is 6. The zero-order valence-electron chi connectivity index (χ0n) is 20.4. The van der Waals surface area contributed by atoms with E-state index < -0.39 is 15.7 Å². The molecule has 2 saturated heterocycles. The molecule has 1 unspecified atom stereocenters. The fourth-order valence-electron chi connectivity index (χ4n) is 5.25. The number of morpholine rings is 1. The van der Waals surface area contributed by atoms with E-state index in [4.69, 9.17) is 16.3 Å². The van der Waals surface area contributed by atoms with E-state index in [9.17, 15) is 18.1 Å². The average Bonchev–Trinajstić information content (AvgIpc) is 2.93. The van der Waals surface area contributed by atoms with Gasteiger partial charge in [0.2, 0.25) is 9.84 Å². The first kappa shape index (κ1) is 25.9. The van der Waals surface area contributed by atoms with Gasteiger partial charge in [-0.1, -0.05) is 11.6 Å². The Morgan fingerprint density at radius 1 is 1.14 bits per heavy atom. The summed E-state index contributed by atoms with van der Waals surface area (Å²) in [5.41, 5.74) is 1.59. The van der Waals surface area contributed by atoms with Crippen LogP contribution in [0.25, 0.3) is 10.9 Å². The van der Waals surface area contributed by atoms with Gasteiger partial charge in [-0.2, -0.15) is 5.26 Å². The Bertz CT molecular complexity index is 1450. The lowest BCUT2D eigenvalue weighted by Crippen LogP contribution is -2.44. The second kappa shape index (κ2) is 10.9. The van der Waals surface area contributed by atoms with Crippen molar-refractivity contribution in [3.8, 4) is 6.07 Å². The highest BCUT2D eigenvalue weighted by atomic mass is 35.5. The number of ether oxygens (including phenoxy) is 1. The molecule has 0 bridgehead atoms. The lowest BCUT2D eigenvalue weighted by atomic mass is 9.97. The van der Waals surface area contributed by atoms with Gasteiger partial charge in [0.25, 0.3) is 0 Å². The van der Waals surface area contributed by atoms with Crippen molar-refractivity contribution in [1.29, 1.82) is 5.26 Å². The molecule has 0 amide bonds. The molecule has 0 saturated carbocycles. The third-order valence-electron chi connectivity index (χ3n) is 7.22. The van der Waals surface area contributed by atoms with Gasteiger partial charge >= 0.3 is 0 Å². The van der Waals surface area contributed by atoms with Crippen LogP contribution in [-0.4, -0.2) is 63.7 Å². The summed E-state index contributed by atoms with van der Waals surface area (Å²) in [6.07, 6.45) is 5.19. The van der Waals surface area contributed by atoms with E-state index in [1.165, 1.54) is 12.3 Å². The number of hydrogen-bond donors (Lipinski definition) is 0. The van der Waals surface area contributed by atoms with E-state index in [-0.39, 0.29) is 20.9 Å². The van der Waals surface area contributed by atoms with E-state index in [0.29, 0.717) is 28.7 Å². The van der Waals surface area contributed by atoms with Crippen LogP contribution in [0.1, 0.15) is 31.2 Å². The Morgan fingerprint density at radius 2 is 1.95 bits per heavy atom. The monoisotopic (exact) mass is 542 g/mol. The van der Waals surface area contributed by atoms with E-state index in [2.05, 4.69) is 20.9 Å². The number of sulfone groups is 1. The Hall–Kier alpha value is -2.77.